The van der Waals surface area contributed by atoms with Gasteiger partial charge >= 0.3 is 0 Å². The third kappa shape index (κ3) is 2.76. The molecular formula is C14H18N2O6. The quantitative estimate of drug-likeness (QED) is 0.650. The van der Waals surface area contributed by atoms with Crippen molar-refractivity contribution < 1.29 is 23.9 Å². The molecule has 2 atom stereocenters. The summed E-state index contributed by atoms with van der Waals surface area (Å²) in [5.41, 5.74) is 0.495. The second kappa shape index (κ2) is 6.50. The summed E-state index contributed by atoms with van der Waals surface area (Å²) in [6.07, 6.45) is 0.318. The molecule has 0 radical (unpaired) electrons. The number of ether oxygens (including phenoxy) is 3. The van der Waals surface area contributed by atoms with E-state index >= 15 is 0 Å². The summed E-state index contributed by atoms with van der Waals surface area (Å²) in [5.74, 6) is 0.883. The van der Waals surface area contributed by atoms with Gasteiger partial charge in [0.1, 0.15) is 6.04 Å². The summed E-state index contributed by atoms with van der Waals surface area (Å²) in [6, 6.07) is 1.59. The van der Waals surface area contributed by atoms with Crippen LogP contribution in [0, 0.1) is 10.1 Å². The summed E-state index contributed by atoms with van der Waals surface area (Å²) < 4.78 is 15.8. The predicted molar refractivity (Wildman–Crippen MR) is 77.0 cm³/mol. The van der Waals surface area contributed by atoms with Gasteiger partial charge in [-0.25, -0.2) is 0 Å². The first-order valence-electron chi connectivity index (χ1n) is 6.75. The van der Waals surface area contributed by atoms with Crippen LogP contribution in [0.25, 0.3) is 0 Å². The molecule has 0 spiro atoms. The van der Waals surface area contributed by atoms with Gasteiger partial charge in [0.25, 0.3) is 0 Å². The van der Waals surface area contributed by atoms with Crippen molar-refractivity contribution in [2.45, 2.75) is 24.9 Å². The minimum absolute atomic E-state index is 0.137. The molecule has 1 aromatic carbocycles. The molecule has 8 nitrogen and oxygen atoms in total. The minimum atomic E-state index is -0.912. The molecule has 1 saturated heterocycles. The van der Waals surface area contributed by atoms with Crippen LogP contribution in [0.2, 0.25) is 0 Å². The first-order valence-corrected chi connectivity index (χ1v) is 6.75. The minimum Gasteiger partial charge on any atom is -0.493 e. The number of nitrogens with one attached hydrogen (secondary N) is 1. The van der Waals surface area contributed by atoms with Gasteiger partial charge in [-0.3, -0.25) is 14.9 Å². The van der Waals surface area contributed by atoms with Crippen LogP contribution in [0.4, 0.5) is 0 Å². The predicted octanol–water partition coefficient (Wildman–Crippen LogP) is 1.31. The van der Waals surface area contributed by atoms with Crippen molar-refractivity contribution in [3.63, 3.8) is 0 Å². The van der Waals surface area contributed by atoms with Crippen LogP contribution in [0.15, 0.2) is 12.1 Å². The number of methoxy groups -OCH3 is 3. The summed E-state index contributed by atoms with van der Waals surface area (Å²) in [7, 11) is 4.38. The Balaban J connectivity index is 2.53. The fourth-order valence-corrected chi connectivity index (χ4v) is 2.67. The lowest BCUT2D eigenvalue weighted by Crippen LogP contribution is -2.45. The fraction of sp³-hybridized carbons (Fsp3) is 0.500. The van der Waals surface area contributed by atoms with E-state index in [1.807, 2.05) is 0 Å². The Hall–Kier alpha value is -2.51. The molecule has 1 fully saturated rings. The molecule has 1 amide bonds. The second-order valence-electron chi connectivity index (χ2n) is 4.86. The van der Waals surface area contributed by atoms with Crippen LogP contribution in [0.1, 0.15) is 24.4 Å². The number of carbonyl (C=O) groups is 1. The average molecular weight is 310 g/mol. The number of piperidine rings is 1. The van der Waals surface area contributed by atoms with E-state index in [4.69, 9.17) is 14.2 Å². The van der Waals surface area contributed by atoms with Crippen molar-refractivity contribution >= 4 is 5.91 Å². The van der Waals surface area contributed by atoms with Gasteiger partial charge in [0.2, 0.25) is 17.7 Å². The molecule has 1 aliphatic rings. The molecule has 0 saturated carbocycles. The van der Waals surface area contributed by atoms with Crippen molar-refractivity contribution in [3.8, 4) is 17.2 Å². The molecule has 1 N–H and O–H groups in total. The van der Waals surface area contributed by atoms with Gasteiger partial charge in [-0.05, 0) is 12.1 Å². The van der Waals surface area contributed by atoms with Crippen LogP contribution in [-0.4, -0.2) is 38.2 Å². The van der Waals surface area contributed by atoms with Crippen molar-refractivity contribution in [1.82, 2.24) is 5.32 Å². The molecule has 120 valence electrons. The number of carbonyl (C=O) groups excluding carboxylic acids is 1. The van der Waals surface area contributed by atoms with E-state index in [2.05, 4.69) is 5.32 Å². The number of nitro groups is 1. The van der Waals surface area contributed by atoms with Crippen LogP contribution >= 0.6 is 0 Å². The summed E-state index contributed by atoms with van der Waals surface area (Å²) in [4.78, 5) is 22.6. The standard InChI is InChI=1S/C14H18N2O6/c1-20-10-6-4-8(13(21-2)14(10)22-3)12-9(16(18)19)5-7-11(17)15-12/h4,6,9,12H,5,7H2,1-3H3,(H,15,17)/t9-,12+/m1/s1. The van der Waals surface area contributed by atoms with Gasteiger partial charge in [0, 0.05) is 23.3 Å². The van der Waals surface area contributed by atoms with E-state index in [1.165, 1.54) is 21.3 Å². The largest absolute Gasteiger partial charge is 0.493 e. The SMILES string of the molecule is COc1ccc([C@@H]2NC(=O)CC[C@H]2[N+](=O)[O-])c(OC)c1OC. The topological polar surface area (TPSA) is 99.9 Å². The maximum absolute atomic E-state index is 11.7. The van der Waals surface area contributed by atoms with Crippen molar-refractivity contribution in [2.24, 2.45) is 0 Å². The maximum atomic E-state index is 11.7. The third-order valence-electron chi connectivity index (χ3n) is 3.71. The van der Waals surface area contributed by atoms with Gasteiger partial charge < -0.3 is 19.5 Å². The lowest BCUT2D eigenvalue weighted by molar-refractivity contribution is -0.529. The number of rotatable bonds is 5. The van der Waals surface area contributed by atoms with E-state index in [0.717, 1.165) is 0 Å². The molecule has 22 heavy (non-hydrogen) atoms. The number of amides is 1. The van der Waals surface area contributed by atoms with E-state index in [9.17, 15) is 14.9 Å². The number of nitrogens with zero attached hydrogens (tertiary/aromatic N) is 1. The number of hydrogen-bond donors (Lipinski definition) is 1. The van der Waals surface area contributed by atoms with Gasteiger partial charge in [0.05, 0.1) is 21.3 Å². The highest BCUT2D eigenvalue weighted by Gasteiger charge is 2.40. The molecule has 1 heterocycles. The first kappa shape index (κ1) is 15.9. The highest BCUT2D eigenvalue weighted by atomic mass is 16.6. The third-order valence-corrected chi connectivity index (χ3v) is 3.71. The van der Waals surface area contributed by atoms with Gasteiger partial charge in [-0.2, -0.15) is 0 Å². The molecule has 0 unspecified atom stereocenters. The molecule has 0 aliphatic carbocycles. The van der Waals surface area contributed by atoms with Gasteiger partial charge in [-0.1, -0.05) is 0 Å². The van der Waals surface area contributed by atoms with Crippen LogP contribution in [-0.2, 0) is 4.79 Å². The Morgan fingerprint density at radius 3 is 2.41 bits per heavy atom. The van der Waals surface area contributed by atoms with Crippen molar-refractivity contribution in [3.05, 3.63) is 27.8 Å². The van der Waals surface area contributed by atoms with Gasteiger partial charge in [0.15, 0.2) is 11.5 Å². The zero-order chi connectivity index (χ0) is 16.3. The lowest BCUT2D eigenvalue weighted by Gasteiger charge is -2.28. The van der Waals surface area contributed by atoms with Crippen molar-refractivity contribution in [2.75, 3.05) is 21.3 Å². The molecule has 1 aliphatic heterocycles. The number of hydrogen-bond acceptors (Lipinski definition) is 6. The Morgan fingerprint density at radius 2 is 1.86 bits per heavy atom. The summed E-state index contributed by atoms with van der Waals surface area (Å²) in [5, 5.41) is 14.0. The van der Waals surface area contributed by atoms with E-state index in [-0.39, 0.29) is 23.7 Å². The Bertz CT molecular complexity index is 589. The Morgan fingerprint density at radius 1 is 1.18 bits per heavy atom. The Labute approximate surface area is 127 Å². The highest BCUT2D eigenvalue weighted by molar-refractivity contribution is 5.78. The van der Waals surface area contributed by atoms with E-state index in [0.29, 0.717) is 22.8 Å². The smallest absolute Gasteiger partial charge is 0.237 e. The highest BCUT2D eigenvalue weighted by Crippen LogP contribution is 2.43. The van der Waals surface area contributed by atoms with Gasteiger partial charge in [-0.15, -0.1) is 0 Å². The zero-order valence-electron chi connectivity index (χ0n) is 12.6. The maximum Gasteiger partial charge on any atom is 0.237 e. The van der Waals surface area contributed by atoms with Crippen LogP contribution in [0.5, 0.6) is 17.2 Å². The molecule has 2 rings (SSSR count). The first-order chi connectivity index (χ1) is 10.5. The van der Waals surface area contributed by atoms with Crippen LogP contribution < -0.4 is 19.5 Å². The van der Waals surface area contributed by atoms with Crippen molar-refractivity contribution in [1.29, 1.82) is 0 Å². The molecule has 0 bridgehead atoms. The average Bonchev–Trinajstić information content (AvgIpc) is 2.52. The monoisotopic (exact) mass is 310 g/mol. The molecular weight excluding hydrogens is 292 g/mol. The van der Waals surface area contributed by atoms with E-state index in [1.54, 1.807) is 12.1 Å². The number of benzene rings is 1. The molecule has 1 aromatic rings. The second-order valence-corrected chi connectivity index (χ2v) is 4.86. The normalized spacial score (nSPS) is 21.0. The Kier molecular flexibility index (Phi) is 4.69. The fourth-order valence-electron chi connectivity index (χ4n) is 2.67. The van der Waals surface area contributed by atoms with Crippen LogP contribution in [0.3, 0.4) is 0 Å². The summed E-state index contributed by atoms with van der Waals surface area (Å²) >= 11 is 0. The lowest BCUT2D eigenvalue weighted by atomic mass is 9.91. The van der Waals surface area contributed by atoms with E-state index < -0.39 is 12.1 Å². The molecule has 8 heteroatoms. The summed E-state index contributed by atoms with van der Waals surface area (Å²) in [6.45, 7) is 0. The molecule has 0 aromatic heterocycles. The zero-order valence-corrected chi connectivity index (χ0v) is 12.6.